The molecule has 0 saturated carbocycles. The van der Waals surface area contributed by atoms with E-state index in [4.69, 9.17) is 0 Å². The maximum absolute atomic E-state index is 12.1. The first kappa shape index (κ1) is 14.2. The van der Waals surface area contributed by atoms with Crippen molar-refractivity contribution in [3.05, 3.63) is 47.8 Å². The van der Waals surface area contributed by atoms with E-state index in [9.17, 15) is 13.6 Å². The Morgan fingerprint density at radius 3 is 2.90 bits per heavy atom. The predicted molar refractivity (Wildman–Crippen MR) is 69.0 cm³/mol. The van der Waals surface area contributed by atoms with Crippen LogP contribution in [0, 0.1) is 0 Å². The van der Waals surface area contributed by atoms with E-state index < -0.39 is 6.61 Å². The zero-order valence-electron chi connectivity index (χ0n) is 10.9. The number of hydrogen-bond donors (Lipinski definition) is 0. The molecule has 0 aliphatic heterocycles. The number of Topliss-reactive ketones (excluding diaryl/α,β-unsaturated/α-hetero) is 1. The average molecular weight is 280 g/mol. The quantitative estimate of drug-likeness (QED) is 0.764. The van der Waals surface area contributed by atoms with E-state index in [1.807, 2.05) is 6.92 Å². The summed E-state index contributed by atoms with van der Waals surface area (Å²) in [7, 11) is 0. The van der Waals surface area contributed by atoms with Crippen molar-refractivity contribution in [2.45, 2.75) is 26.5 Å². The summed E-state index contributed by atoms with van der Waals surface area (Å²) in [5.74, 6) is -0.185. The van der Waals surface area contributed by atoms with E-state index in [0.29, 0.717) is 5.56 Å². The number of carbonyl (C=O) groups excluding carboxylic acids is 1. The standard InChI is InChI=1S/C14H14F2N2O2/c1-2-18-9-10(8-17-18)6-13(19)11-4-3-5-12(7-11)20-14(15)16/h3-5,7-9,14H,2,6H2,1H3. The highest BCUT2D eigenvalue weighted by atomic mass is 19.3. The minimum Gasteiger partial charge on any atom is -0.435 e. The second-order valence-electron chi connectivity index (χ2n) is 4.21. The number of benzene rings is 1. The van der Waals surface area contributed by atoms with Gasteiger partial charge in [0.15, 0.2) is 5.78 Å². The van der Waals surface area contributed by atoms with E-state index in [0.717, 1.165) is 12.1 Å². The molecule has 0 aliphatic rings. The average Bonchev–Trinajstić information content (AvgIpc) is 2.86. The molecule has 20 heavy (non-hydrogen) atoms. The lowest BCUT2D eigenvalue weighted by molar-refractivity contribution is -0.0498. The number of ether oxygens (including phenoxy) is 1. The lowest BCUT2D eigenvalue weighted by Gasteiger charge is -2.05. The van der Waals surface area contributed by atoms with Gasteiger partial charge in [-0.15, -0.1) is 0 Å². The minimum atomic E-state index is -2.90. The summed E-state index contributed by atoms with van der Waals surface area (Å²) in [6.45, 7) is -0.224. The zero-order chi connectivity index (χ0) is 14.5. The van der Waals surface area contributed by atoms with Gasteiger partial charge in [-0.2, -0.15) is 13.9 Å². The van der Waals surface area contributed by atoms with Crippen LogP contribution in [0.5, 0.6) is 5.75 Å². The van der Waals surface area contributed by atoms with Crippen LogP contribution in [-0.4, -0.2) is 22.2 Å². The molecule has 0 bridgehead atoms. The highest BCUT2D eigenvalue weighted by Gasteiger charge is 2.11. The number of alkyl halides is 2. The van der Waals surface area contributed by atoms with Crippen molar-refractivity contribution in [3.8, 4) is 5.75 Å². The molecule has 0 saturated heterocycles. The maximum atomic E-state index is 12.1. The lowest BCUT2D eigenvalue weighted by Crippen LogP contribution is -2.05. The molecule has 0 spiro atoms. The van der Waals surface area contributed by atoms with Crippen LogP contribution < -0.4 is 4.74 Å². The van der Waals surface area contributed by atoms with Gasteiger partial charge in [-0.1, -0.05) is 12.1 Å². The van der Waals surface area contributed by atoms with Crippen molar-refractivity contribution in [3.63, 3.8) is 0 Å². The Hall–Kier alpha value is -2.24. The molecule has 0 N–H and O–H groups in total. The molecule has 2 rings (SSSR count). The molecule has 0 atom stereocenters. The van der Waals surface area contributed by atoms with Gasteiger partial charge in [-0.25, -0.2) is 0 Å². The first-order valence-electron chi connectivity index (χ1n) is 6.18. The fourth-order valence-corrected chi connectivity index (χ4v) is 1.80. The molecule has 1 aromatic heterocycles. The number of carbonyl (C=O) groups is 1. The van der Waals surface area contributed by atoms with E-state index in [2.05, 4.69) is 9.84 Å². The molecule has 0 aliphatic carbocycles. The minimum absolute atomic E-state index is 0.0184. The highest BCUT2D eigenvalue weighted by Crippen LogP contribution is 2.17. The van der Waals surface area contributed by atoms with E-state index >= 15 is 0 Å². The van der Waals surface area contributed by atoms with Crippen LogP contribution in [0.25, 0.3) is 0 Å². The van der Waals surface area contributed by atoms with Gasteiger partial charge in [0.05, 0.1) is 6.20 Å². The number of ketones is 1. The highest BCUT2D eigenvalue weighted by molar-refractivity contribution is 5.97. The Kier molecular flexibility index (Phi) is 4.45. The molecular formula is C14H14F2N2O2. The molecule has 6 heteroatoms. The summed E-state index contributed by atoms with van der Waals surface area (Å²) >= 11 is 0. The molecular weight excluding hydrogens is 266 g/mol. The first-order valence-corrected chi connectivity index (χ1v) is 6.18. The summed E-state index contributed by atoms with van der Waals surface area (Å²) < 4.78 is 30.2. The fraction of sp³-hybridized carbons (Fsp3) is 0.286. The molecule has 2 aromatic rings. The third-order valence-electron chi connectivity index (χ3n) is 2.76. The number of nitrogens with zero attached hydrogens (tertiary/aromatic N) is 2. The molecule has 0 unspecified atom stereocenters. The van der Waals surface area contributed by atoms with Gasteiger partial charge in [0, 0.05) is 24.7 Å². The number of hydrogen-bond acceptors (Lipinski definition) is 3. The van der Waals surface area contributed by atoms with Gasteiger partial charge < -0.3 is 4.74 Å². The topological polar surface area (TPSA) is 44.1 Å². The molecule has 0 fully saturated rings. The molecule has 0 amide bonds. The molecule has 0 radical (unpaired) electrons. The molecule has 106 valence electrons. The van der Waals surface area contributed by atoms with Gasteiger partial charge >= 0.3 is 6.61 Å². The largest absolute Gasteiger partial charge is 0.435 e. The fourth-order valence-electron chi connectivity index (χ4n) is 1.80. The maximum Gasteiger partial charge on any atom is 0.387 e. The Labute approximate surface area is 115 Å². The summed E-state index contributed by atoms with van der Waals surface area (Å²) in [6, 6.07) is 5.79. The molecule has 1 heterocycles. The summed E-state index contributed by atoms with van der Waals surface area (Å²) in [6.07, 6.45) is 3.59. The number of aryl methyl sites for hydroxylation is 1. The Morgan fingerprint density at radius 2 is 2.25 bits per heavy atom. The van der Waals surface area contributed by atoms with Crippen LogP contribution in [0.2, 0.25) is 0 Å². The van der Waals surface area contributed by atoms with Gasteiger partial charge in [-0.3, -0.25) is 9.48 Å². The Morgan fingerprint density at radius 1 is 1.45 bits per heavy atom. The van der Waals surface area contributed by atoms with Crippen molar-refractivity contribution in [1.82, 2.24) is 9.78 Å². The van der Waals surface area contributed by atoms with Crippen molar-refractivity contribution < 1.29 is 18.3 Å². The van der Waals surface area contributed by atoms with Crippen molar-refractivity contribution >= 4 is 5.78 Å². The van der Waals surface area contributed by atoms with E-state index in [-0.39, 0.29) is 18.0 Å². The first-order chi connectivity index (χ1) is 9.58. The normalized spacial score (nSPS) is 10.8. The summed E-state index contributed by atoms with van der Waals surface area (Å²) in [5.41, 5.74) is 1.13. The smallest absolute Gasteiger partial charge is 0.387 e. The van der Waals surface area contributed by atoms with Crippen LogP contribution >= 0.6 is 0 Å². The van der Waals surface area contributed by atoms with Gasteiger partial charge in [-0.05, 0) is 24.6 Å². The second kappa shape index (κ2) is 6.27. The number of aromatic nitrogens is 2. The van der Waals surface area contributed by atoms with Crippen LogP contribution in [-0.2, 0) is 13.0 Å². The van der Waals surface area contributed by atoms with Crippen LogP contribution in [0.4, 0.5) is 8.78 Å². The van der Waals surface area contributed by atoms with Crippen molar-refractivity contribution in [2.75, 3.05) is 0 Å². The van der Waals surface area contributed by atoms with Crippen molar-refractivity contribution in [2.24, 2.45) is 0 Å². The van der Waals surface area contributed by atoms with Crippen LogP contribution in [0.1, 0.15) is 22.8 Å². The summed E-state index contributed by atoms with van der Waals surface area (Å²) in [5, 5.41) is 4.08. The third kappa shape index (κ3) is 3.63. The SMILES string of the molecule is CCn1cc(CC(=O)c2cccc(OC(F)F)c2)cn1. The van der Waals surface area contributed by atoms with Crippen molar-refractivity contribution in [1.29, 1.82) is 0 Å². The number of rotatable bonds is 6. The van der Waals surface area contributed by atoms with Gasteiger partial charge in [0.1, 0.15) is 5.75 Å². The monoisotopic (exact) mass is 280 g/mol. The molecule has 1 aromatic carbocycles. The van der Waals surface area contributed by atoms with Crippen LogP contribution in [0.15, 0.2) is 36.7 Å². The van der Waals surface area contributed by atoms with Gasteiger partial charge in [0.2, 0.25) is 0 Å². The zero-order valence-corrected chi connectivity index (χ0v) is 10.9. The van der Waals surface area contributed by atoms with E-state index in [1.54, 1.807) is 23.1 Å². The third-order valence-corrected chi connectivity index (χ3v) is 2.76. The summed E-state index contributed by atoms with van der Waals surface area (Å²) in [4.78, 5) is 12.1. The molecule has 4 nitrogen and oxygen atoms in total. The Balaban J connectivity index is 2.08. The Bertz CT molecular complexity index is 596. The van der Waals surface area contributed by atoms with Crippen LogP contribution in [0.3, 0.4) is 0 Å². The number of halogens is 2. The second-order valence-corrected chi connectivity index (χ2v) is 4.21. The lowest BCUT2D eigenvalue weighted by atomic mass is 10.1. The van der Waals surface area contributed by atoms with Gasteiger partial charge in [0.25, 0.3) is 0 Å². The predicted octanol–water partition coefficient (Wildman–Crippen LogP) is 2.93. The van der Waals surface area contributed by atoms with E-state index in [1.165, 1.54) is 18.2 Å².